The van der Waals surface area contributed by atoms with Crippen LogP contribution in [0.25, 0.3) is 0 Å². The zero-order valence-electron chi connectivity index (χ0n) is 16.5. The number of guanidine groups is 1. The van der Waals surface area contributed by atoms with Crippen LogP contribution in [0.5, 0.6) is 0 Å². The zero-order valence-corrected chi connectivity index (χ0v) is 18.9. The monoisotopic (exact) mass is 470 g/mol. The molecule has 26 heavy (non-hydrogen) atoms. The van der Waals surface area contributed by atoms with E-state index in [-0.39, 0.29) is 24.0 Å². The Morgan fingerprint density at radius 2 is 1.96 bits per heavy atom. The van der Waals surface area contributed by atoms with Crippen molar-refractivity contribution in [1.82, 2.24) is 15.1 Å². The van der Waals surface area contributed by atoms with Crippen LogP contribution in [0.4, 0.5) is 0 Å². The van der Waals surface area contributed by atoms with E-state index in [0.29, 0.717) is 6.04 Å². The van der Waals surface area contributed by atoms with E-state index >= 15 is 0 Å². The number of nitrogens with one attached hydrogen (secondary N) is 1. The SMILES string of the molecule is CCNC(=NCC(C1CC1)N(C)C)N1CCC(Cc2ccccc2)C1.I. The standard InChI is InChI=1S/C21H34N4.HI/c1-4-22-21(23-15-20(24(2)3)19-10-11-19)25-13-12-18(16-25)14-17-8-6-5-7-9-17;/h5-9,18-20H,4,10-16H2,1-3H3,(H,22,23);1H. The number of likely N-dealkylation sites (tertiary alicyclic amines) is 1. The molecule has 2 aliphatic rings. The second-order valence-corrected chi connectivity index (χ2v) is 7.85. The van der Waals surface area contributed by atoms with Crippen molar-refractivity contribution in [2.45, 2.75) is 38.6 Å². The molecule has 0 bridgehead atoms. The molecule has 1 N–H and O–H groups in total. The van der Waals surface area contributed by atoms with Gasteiger partial charge in [-0.2, -0.15) is 0 Å². The number of hydrogen-bond donors (Lipinski definition) is 1. The highest BCUT2D eigenvalue weighted by Gasteiger charge is 2.33. The Morgan fingerprint density at radius 1 is 1.23 bits per heavy atom. The lowest BCUT2D eigenvalue weighted by Crippen LogP contribution is -2.41. The van der Waals surface area contributed by atoms with Crippen LogP contribution >= 0.6 is 24.0 Å². The summed E-state index contributed by atoms with van der Waals surface area (Å²) in [5, 5.41) is 3.52. The fourth-order valence-corrected chi connectivity index (χ4v) is 3.96. The van der Waals surface area contributed by atoms with Gasteiger partial charge in [-0.15, -0.1) is 24.0 Å². The number of aliphatic imine (C=N–C) groups is 1. The molecule has 5 heteroatoms. The molecule has 1 aromatic carbocycles. The summed E-state index contributed by atoms with van der Waals surface area (Å²) in [6, 6.07) is 11.5. The van der Waals surface area contributed by atoms with E-state index in [1.54, 1.807) is 0 Å². The third-order valence-electron chi connectivity index (χ3n) is 5.55. The summed E-state index contributed by atoms with van der Waals surface area (Å²) in [4.78, 5) is 9.83. The topological polar surface area (TPSA) is 30.9 Å². The summed E-state index contributed by atoms with van der Waals surface area (Å²) in [6.45, 7) is 6.27. The van der Waals surface area contributed by atoms with Gasteiger partial charge in [0, 0.05) is 25.7 Å². The van der Waals surface area contributed by atoms with Gasteiger partial charge in [-0.1, -0.05) is 30.3 Å². The maximum atomic E-state index is 5.01. The van der Waals surface area contributed by atoms with Crippen LogP contribution in [-0.2, 0) is 6.42 Å². The van der Waals surface area contributed by atoms with Crippen molar-refractivity contribution in [1.29, 1.82) is 0 Å². The molecule has 1 aliphatic carbocycles. The summed E-state index contributed by atoms with van der Waals surface area (Å²) in [5.41, 5.74) is 1.46. The van der Waals surface area contributed by atoms with Crippen molar-refractivity contribution in [3.63, 3.8) is 0 Å². The molecule has 1 saturated carbocycles. The molecule has 0 radical (unpaired) electrons. The second kappa shape index (κ2) is 10.5. The van der Waals surface area contributed by atoms with E-state index in [1.165, 1.54) is 31.2 Å². The summed E-state index contributed by atoms with van der Waals surface area (Å²) >= 11 is 0. The Hall–Kier alpha value is -0.820. The Morgan fingerprint density at radius 3 is 2.58 bits per heavy atom. The average Bonchev–Trinajstić information content (AvgIpc) is 3.33. The minimum Gasteiger partial charge on any atom is -0.357 e. The molecule has 4 nitrogen and oxygen atoms in total. The molecular weight excluding hydrogens is 435 g/mol. The van der Waals surface area contributed by atoms with Crippen LogP contribution in [-0.4, -0.2) is 62.1 Å². The Labute approximate surface area is 176 Å². The Kier molecular flexibility index (Phi) is 8.67. The lowest BCUT2D eigenvalue weighted by atomic mass is 9.99. The smallest absolute Gasteiger partial charge is 0.193 e. The first-order valence-electron chi connectivity index (χ1n) is 9.91. The van der Waals surface area contributed by atoms with Gasteiger partial charge in [0.25, 0.3) is 0 Å². The predicted octanol–water partition coefficient (Wildman–Crippen LogP) is 3.47. The number of rotatable bonds is 7. The van der Waals surface area contributed by atoms with E-state index in [2.05, 4.69) is 66.5 Å². The van der Waals surface area contributed by atoms with Gasteiger partial charge in [0.15, 0.2) is 5.96 Å². The number of benzene rings is 1. The minimum atomic E-state index is 0. The minimum absolute atomic E-state index is 0. The molecule has 1 saturated heterocycles. The number of halogens is 1. The van der Waals surface area contributed by atoms with Crippen molar-refractivity contribution < 1.29 is 0 Å². The van der Waals surface area contributed by atoms with Crippen LogP contribution in [0.15, 0.2) is 35.3 Å². The Balaban J connectivity index is 0.00000243. The highest BCUT2D eigenvalue weighted by Crippen LogP contribution is 2.34. The van der Waals surface area contributed by atoms with Crippen LogP contribution < -0.4 is 5.32 Å². The summed E-state index contributed by atoms with van der Waals surface area (Å²) in [5.74, 6) is 2.70. The Bertz CT molecular complexity index is 554. The lowest BCUT2D eigenvalue weighted by Gasteiger charge is -2.25. The van der Waals surface area contributed by atoms with Crippen molar-refractivity contribution in [3.8, 4) is 0 Å². The van der Waals surface area contributed by atoms with Gasteiger partial charge in [0.05, 0.1) is 6.54 Å². The molecule has 0 aromatic heterocycles. The lowest BCUT2D eigenvalue weighted by molar-refractivity contribution is 0.270. The molecule has 2 atom stereocenters. The van der Waals surface area contributed by atoms with Gasteiger partial charge in [0.1, 0.15) is 0 Å². The van der Waals surface area contributed by atoms with Crippen LogP contribution in [0, 0.1) is 11.8 Å². The normalized spacial score (nSPS) is 21.6. The average molecular weight is 470 g/mol. The maximum absolute atomic E-state index is 5.01. The third kappa shape index (κ3) is 6.12. The summed E-state index contributed by atoms with van der Waals surface area (Å²) in [6.07, 6.45) is 5.19. The van der Waals surface area contributed by atoms with Crippen molar-refractivity contribution in [3.05, 3.63) is 35.9 Å². The van der Waals surface area contributed by atoms with Crippen molar-refractivity contribution in [2.75, 3.05) is 40.3 Å². The summed E-state index contributed by atoms with van der Waals surface area (Å²) < 4.78 is 0. The molecule has 146 valence electrons. The molecule has 1 aliphatic heterocycles. The molecule has 2 fully saturated rings. The summed E-state index contributed by atoms with van der Waals surface area (Å²) in [7, 11) is 4.38. The number of nitrogens with zero attached hydrogens (tertiary/aromatic N) is 3. The van der Waals surface area contributed by atoms with E-state index in [1.807, 2.05) is 0 Å². The first kappa shape index (κ1) is 21.5. The third-order valence-corrected chi connectivity index (χ3v) is 5.55. The highest BCUT2D eigenvalue weighted by molar-refractivity contribution is 14.0. The van der Waals surface area contributed by atoms with Gasteiger partial charge >= 0.3 is 0 Å². The molecule has 1 heterocycles. The largest absolute Gasteiger partial charge is 0.357 e. The molecule has 0 spiro atoms. The van der Waals surface area contributed by atoms with E-state index < -0.39 is 0 Å². The fourth-order valence-electron chi connectivity index (χ4n) is 3.96. The van der Waals surface area contributed by atoms with Crippen molar-refractivity contribution in [2.24, 2.45) is 16.8 Å². The van der Waals surface area contributed by atoms with Gasteiger partial charge < -0.3 is 15.1 Å². The quantitative estimate of drug-likeness (QED) is 0.376. The first-order valence-corrected chi connectivity index (χ1v) is 9.91. The molecule has 2 unspecified atom stereocenters. The van der Waals surface area contributed by atoms with Crippen LogP contribution in [0.1, 0.15) is 31.7 Å². The van der Waals surface area contributed by atoms with E-state index in [0.717, 1.165) is 44.0 Å². The van der Waals surface area contributed by atoms with Gasteiger partial charge in [-0.3, -0.25) is 4.99 Å². The predicted molar refractivity (Wildman–Crippen MR) is 121 cm³/mol. The first-order chi connectivity index (χ1) is 12.2. The van der Waals surface area contributed by atoms with Gasteiger partial charge in [-0.25, -0.2) is 0 Å². The second-order valence-electron chi connectivity index (χ2n) is 7.85. The zero-order chi connectivity index (χ0) is 17.6. The fraction of sp³-hybridized carbons (Fsp3) is 0.667. The molecule has 1 aromatic rings. The van der Waals surface area contributed by atoms with Crippen LogP contribution in [0.2, 0.25) is 0 Å². The van der Waals surface area contributed by atoms with Crippen molar-refractivity contribution >= 4 is 29.9 Å². The van der Waals surface area contributed by atoms with Gasteiger partial charge in [-0.05, 0) is 64.1 Å². The van der Waals surface area contributed by atoms with Crippen LogP contribution in [0.3, 0.4) is 0 Å². The van der Waals surface area contributed by atoms with E-state index in [9.17, 15) is 0 Å². The van der Waals surface area contributed by atoms with Gasteiger partial charge in [0.2, 0.25) is 0 Å². The number of hydrogen-bond acceptors (Lipinski definition) is 2. The highest BCUT2D eigenvalue weighted by atomic mass is 127. The number of likely N-dealkylation sites (N-methyl/N-ethyl adjacent to an activating group) is 1. The maximum Gasteiger partial charge on any atom is 0.193 e. The molecule has 3 rings (SSSR count). The molecular formula is C21H35IN4. The van der Waals surface area contributed by atoms with E-state index in [4.69, 9.17) is 4.99 Å². The molecule has 0 amide bonds.